The molecule has 0 atom stereocenters. The van der Waals surface area contributed by atoms with Gasteiger partial charge in [0, 0.05) is 6.20 Å². The molecule has 12 heteroatoms. The first kappa shape index (κ1) is 14.7. The fourth-order valence-electron chi connectivity index (χ4n) is 3.35. The van der Waals surface area contributed by atoms with E-state index in [1.807, 2.05) is 8.80 Å². The van der Waals surface area contributed by atoms with E-state index in [2.05, 4.69) is 46.5 Å². The standard InChI is InChI=1S/C16H10N12/c1-2-18-3-8-11(17)23-14-26(8)15-24-13-10(5-20-7-22-13)28(15)16-25-12-9(27(14)16)4-19-6-21-12/h2-7H,1,17H2. The van der Waals surface area contributed by atoms with Crippen molar-refractivity contribution in [3.8, 4) is 0 Å². The molecule has 0 aliphatic rings. The lowest BCUT2D eigenvalue weighted by molar-refractivity contribution is 0.996. The second-order valence-corrected chi connectivity index (χ2v) is 5.94. The van der Waals surface area contributed by atoms with E-state index in [9.17, 15) is 0 Å². The van der Waals surface area contributed by atoms with Gasteiger partial charge in [-0.3, -0.25) is 4.99 Å². The highest BCUT2D eigenvalue weighted by Crippen LogP contribution is 2.25. The minimum absolute atomic E-state index is 0.289. The molecule has 134 valence electrons. The number of nitrogens with two attached hydrogens (primary N) is 1. The molecule has 6 heterocycles. The summed E-state index contributed by atoms with van der Waals surface area (Å²) in [4.78, 5) is 34.7. The van der Waals surface area contributed by atoms with Crippen molar-refractivity contribution in [2.45, 2.75) is 0 Å². The lowest BCUT2D eigenvalue weighted by Gasteiger charge is -2.04. The monoisotopic (exact) mass is 370 g/mol. The molecule has 28 heavy (non-hydrogen) atoms. The number of nitrogens with zero attached hydrogens (tertiary/aromatic N) is 11. The van der Waals surface area contributed by atoms with Crippen LogP contribution < -0.4 is 5.73 Å². The van der Waals surface area contributed by atoms with Crippen molar-refractivity contribution in [3.63, 3.8) is 0 Å². The van der Waals surface area contributed by atoms with E-state index in [1.165, 1.54) is 18.9 Å². The number of aromatic nitrogens is 10. The summed E-state index contributed by atoms with van der Waals surface area (Å²) >= 11 is 0. The van der Waals surface area contributed by atoms with Crippen molar-refractivity contribution < 1.29 is 0 Å². The number of hydrogen-bond donors (Lipinski definition) is 1. The van der Waals surface area contributed by atoms with Gasteiger partial charge in [-0.05, 0) is 0 Å². The minimum atomic E-state index is 0.289. The summed E-state index contributed by atoms with van der Waals surface area (Å²) < 4.78 is 5.43. The highest BCUT2D eigenvalue weighted by atomic mass is 15.3. The molecule has 0 bridgehead atoms. The summed E-state index contributed by atoms with van der Waals surface area (Å²) in [6.45, 7) is 3.61. The van der Waals surface area contributed by atoms with Gasteiger partial charge in [0.2, 0.25) is 17.3 Å². The Kier molecular flexibility index (Phi) is 2.64. The third kappa shape index (κ3) is 1.68. The number of aliphatic imine (C=N–C) groups is 1. The van der Waals surface area contributed by atoms with Crippen LogP contribution in [-0.4, -0.2) is 54.3 Å². The maximum absolute atomic E-state index is 6.20. The molecule has 0 saturated carbocycles. The lowest BCUT2D eigenvalue weighted by atomic mass is 10.4. The molecule has 0 unspecified atom stereocenters. The van der Waals surface area contributed by atoms with Crippen molar-refractivity contribution in [2.24, 2.45) is 4.99 Å². The molecular formula is C16H10N12. The van der Waals surface area contributed by atoms with Crippen LogP contribution >= 0.6 is 0 Å². The lowest BCUT2D eigenvalue weighted by Crippen LogP contribution is -2.06. The van der Waals surface area contributed by atoms with Crippen LogP contribution in [0.15, 0.2) is 42.8 Å². The quantitative estimate of drug-likeness (QED) is 0.438. The van der Waals surface area contributed by atoms with Gasteiger partial charge in [-0.1, -0.05) is 6.58 Å². The van der Waals surface area contributed by atoms with E-state index in [0.717, 1.165) is 0 Å². The Bertz CT molecular complexity index is 1600. The van der Waals surface area contributed by atoms with Gasteiger partial charge in [0.25, 0.3) is 0 Å². The zero-order valence-electron chi connectivity index (χ0n) is 14.2. The molecule has 0 aromatic carbocycles. The average Bonchev–Trinajstić information content (AvgIpc) is 3.36. The third-order valence-electron chi connectivity index (χ3n) is 4.46. The van der Waals surface area contributed by atoms with E-state index >= 15 is 0 Å². The van der Waals surface area contributed by atoms with Gasteiger partial charge in [0.1, 0.15) is 29.4 Å². The highest BCUT2D eigenvalue weighted by Gasteiger charge is 2.22. The van der Waals surface area contributed by atoms with E-state index in [1.54, 1.807) is 23.0 Å². The highest BCUT2D eigenvalue weighted by molar-refractivity contribution is 5.90. The fraction of sp³-hybridized carbons (Fsp3) is 0. The van der Waals surface area contributed by atoms with Crippen molar-refractivity contribution in [1.29, 1.82) is 0 Å². The Morgan fingerprint density at radius 2 is 1.43 bits per heavy atom. The van der Waals surface area contributed by atoms with Crippen molar-refractivity contribution >= 4 is 51.7 Å². The molecule has 6 rings (SSSR count). The fourth-order valence-corrected chi connectivity index (χ4v) is 3.35. The zero-order chi connectivity index (χ0) is 18.8. The summed E-state index contributed by atoms with van der Waals surface area (Å²) in [5, 5.41) is 0. The zero-order valence-corrected chi connectivity index (χ0v) is 14.2. The third-order valence-corrected chi connectivity index (χ3v) is 4.46. The van der Waals surface area contributed by atoms with Gasteiger partial charge >= 0.3 is 0 Å². The molecule has 2 N–H and O–H groups in total. The molecule has 0 fully saturated rings. The molecule has 6 aromatic rings. The maximum atomic E-state index is 6.20. The molecule has 6 aromatic heterocycles. The normalized spacial score (nSPS) is 12.4. The molecule has 0 aliphatic heterocycles. The van der Waals surface area contributed by atoms with E-state index in [0.29, 0.717) is 45.4 Å². The minimum Gasteiger partial charge on any atom is -0.382 e. The maximum Gasteiger partial charge on any atom is 0.227 e. The van der Waals surface area contributed by atoms with E-state index in [-0.39, 0.29) is 5.82 Å². The number of fused-ring (bicyclic) bond motifs is 10. The van der Waals surface area contributed by atoms with E-state index in [4.69, 9.17) is 5.73 Å². The molecule has 0 radical (unpaired) electrons. The van der Waals surface area contributed by atoms with Gasteiger partial charge in [-0.2, -0.15) is 15.0 Å². The first-order valence-electron chi connectivity index (χ1n) is 8.18. The summed E-state index contributed by atoms with van der Waals surface area (Å²) in [6.07, 6.45) is 9.24. The van der Waals surface area contributed by atoms with Gasteiger partial charge in [0.15, 0.2) is 17.1 Å². The Morgan fingerprint density at radius 1 is 0.857 bits per heavy atom. The second-order valence-electron chi connectivity index (χ2n) is 5.94. The van der Waals surface area contributed by atoms with Crippen LogP contribution in [0.5, 0.6) is 0 Å². The Balaban J connectivity index is 2.01. The summed E-state index contributed by atoms with van der Waals surface area (Å²) in [6, 6.07) is 0. The van der Waals surface area contributed by atoms with Crippen molar-refractivity contribution in [3.05, 3.63) is 43.5 Å². The first-order valence-corrected chi connectivity index (χ1v) is 8.18. The molecular weight excluding hydrogens is 360 g/mol. The Hall–Kier alpha value is -4.48. The summed E-state index contributed by atoms with van der Waals surface area (Å²) in [5.41, 5.74) is 9.16. The van der Waals surface area contributed by atoms with Crippen LogP contribution in [0.2, 0.25) is 0 Å². The molecule has 0 amide bonds. The van der Waals surface area contributed by atoms with Crippen LogP contribution in [-0.2, 0) is 0 Å². The molecule has 0 spiro atoms. The largest absolute Gasteiger partial charge is 0.382 e. The average molecular weight is 370 g/mol. The smallest absolute Gasteiger partial charge is 0.227 e. The van der Waals surface area contributed by atoms with Crippen LogP contribution in [0.25, 0.3) is 39.7 Å². The van der Waals surface area contributed by atoms with Gasteiger partial charge < -0.3 is 5.73 Å². The number of hydrogen-bond acceptors (Lipinski definition) is 9. The van der Waals surface area contributed by atoms with Crippen LogP contribution in [0.3, 0.4) is 0 Å². The van der Waals surface area contributed by atoms with Gasteiger partial charge in [-0.25, -0.2) is 33.1 Å². The van der Waals surface area contributed by atoms with Crippen LogP contribution in [0.4, 0.5) is 5.82 Å². The molecule has 0 saturated heterocycles. The number of rotatable bonds is 2. The number of anilines is 1. The first-order chi connectivity index (χ1) is 13.8. The van der Waals surface area contributed by atoms with Gasteiger partial charge in [0.05, 0.1) is 18.6 Å². The number of imidazole rings is 3. The van der Waals surface area contributed by atoms with E-state index < -0.39 is 0 Å². The Morgan fingerprint density at radius 3 is 2.04 bits per heavy atom. The predicted molar refractivity (Wildman–Crippen MR) is 101 cm³/mol. The second kappa shape index (κ2) is 5.03. The Labute approximate surface area is 154 Å². The topological polar surface area (TPSA) is 142 Å². The van der Waals surface area contributed by atoms with Crippen molar-refractivity contribution in [2.75, 3.05) is 5.73 Å². The van der Waals surface area contributed by atoms with Crippen LogP contribution in [0, 0.1) is 0 Å². The molecule has 12 nitrogen and oxygen atoms in total. The SMILES string of the molecule is C=CN=Cc1c(N)nc2n1c1nc3ncncc3n1c1nc3ncncc3n21. The summed E-state index contributed by atoms with van der Waals surface area (Å²) in [7, 11) is 0. The van der Waals surface area contributed by atoms with Crippen molar-refractivity contribution in [1.82, 2.24) is 48.1 Å². The summed E-state index contributed by atoms with van der Waals surface area (Å²) in [5.74, 6) is 1.87. The number of nitrogen functional groups attached to an aromatic ring is 1. The predicted octanol–water partition coefficient (Wildman–Crippen LogP) is 0.661. The van der Waals surface area contributed by atoms with Gasteiger partial charge in [-0.15, -0.1) is 0 Å². The molecule has 0 aliphatic carbocycles. The van der Waals surface area contributed by atoms with Crippen LogP contribution in [0.1, 0.15) is 5.69 Å².